The van der Waals surface area contributed by atoms with Gasteiger partial charge in [-0.25, -0.2) is 13.8 Å². The zero-order valence-corrected chi connectivity index (χ0v) is 17.4. The van der Waals surface area contributed by atoms with Crippen LogP contribution >= 0.6 is 11.6 Å². The molecule has 0 saturated carbocycles. The first kappa shape index (κ1) is 21.7. The van der Waals surface area contributed by atoms with Gasteiger partial charge in [0.2, 0.25) is 10.0 Å². The standard InChI is InChI=1S/C19H22ClN3O4S/c1-4-27-18-11-5-15(6-12-18)14(2)21-22-19(24)13-23(28(3,25)26)17-9-7-16(20)8-10-17/h5-12H,4,13H2,1-3H3,(H,22,24)/b21-14-. The Morgan fingerprint density at radius 3 is 2.29 bits per heavy atom. The van der Waals surface area contributed by atoms with E-state index in [1.807, 2.05) is 31.2 Å². The number of hydrazone groups is 1. The van der Waals surface area contributed by atoms with E-state index in [0.717, 1.165) is 21.9 Å². The van der Waals surface area contributed by atoms with Crippen LogP contribution in [0.3, 0.4) is 0 Å². The average Bonchev–Trinajstić information content (AvgIpc) is 2.65. The van der Waals surface area contributed by atoms with Crippen molar-refractivity contribution in [2.24, 2.45) is 5.10 Å². The third kappa shape index (κ3) is 6.24. The van der Waals surface area contributed by atoms with Gasteiger partial charge in [-0.05, 0) is 67.9 Å². The van der Waals surface area contributed by atoms with Gasteiger partial charge < -0.3 is 4.74 Å². The fourth-order valence-electron chi connectivity index (χ4n) is 2.34. The van der Waals surface area contributed by atoms with E-state index in [2.05, 4.69) is 10.5 Å². The molecule has 9 heteroatoms. The average molecular weight is 424 g/mol. The molecule has 2 rings (SSSR count). The summed E-state index contributed by atoms with van der Waals surface area (Å²) < 4.78 is 30.5. The van der Waals surface area contributed by atoms with E-state index in [-0.39, 0.29) is 0 Å². The summed E-state index contributed by atoms with van der Waals surface area (Å²) in [6, 6.07) is 13.5. The molecule has 0 aliphatic rings. The zero-order chi connectivity index (χ0) is 20.7. The van der Waals surface area contributed by atoms with Gasteiger partial charge in [-0.3, -0.25) is 9.10 Å². The molecule has 0 spiro atoms. The van der Waals surface area contributed by atoms with Crippen molar-refractivity contribution >= 4 is 38.9 Å². The molecule has 28 heavy (non-hydrogen) atoms. The number of anilines is 1. The predicted octanol–water partition coefficient (Wildman–Crippen LogP) is 3.05. The van der Waals surface area contributed by atoms with Crippen LogP contribution in [0, 0.1) is 0 Å². The number of sulfonamides is 1. The lowest BCUT2D eigenvalue weighted by atomic mass is 10.1. The largest absolute Gasteiger partial charge is 0.494 e. The van der Waals surface area contributed by atoms with Crippen LogP contribution < -0.4 is 14.5 Å². The van der Waals surface area contributed by atoms with Crippen LogP contribution in [0.25, 0.3) is 0 Å². The molecule has 0 aliphatic carbocycles. The molecule has 0 aromatic heterocycles. The number of ether oxygens (including phenoxy) is 1. The molecule has 0 saturated heterocycles. The Hall–Kier alpha value is -2.58. The third-order valence-corrected chi connectivity index (χ3v) is 5.13. The summed E-state index contributed by atoms with van der Waals surface area (Å²) in [4.78, 5) is 12.2. The summed E-state index contributed by atoms with van der Waals surface area (Å²) in [5, 5.41) is 4.52. The highest BCUT2D eigenvalue weighted by molar-refractivity contribution is 7.92. The maximum Gasteiger partial charge on any atom is 0.260 e. The second-order valence-corrected chi connectivity index (χ2v) is 8.28. The number of benzene rings is 2. The van der Waals surface area contributed by atoms with Gasteiger partial charge in [0, 0.05) is 5.02 Å². The van der Waals surface area contributed by atoms with E-state index in [4.69, 9.17) is 16.3 Å². The molecule has 0 atom stereocenters. The van der Waals surface area contributed by atoms with Crippen molar-refractivity contribution in [2.45, 2.75) is 13.8 Å². The Morgan fingerprint density at radius 2 is 1.75 bits per heavy atom. The van der Waals surface area contributed by atoms with Crippen LogP contribution in [-0.4, -0.2) is 39.4 Å². The number of carbonyl (C=O) groups is 1. The summed E-state index contributed by atoms with van der Waals surface area (Å²) in [6.07, 6.45) is 1.03. The predicted molar refractivity (Wildman–Crippen MR) is 112 cm³/mol. The number of carbonyl (C=O) groups excluding carboxylic acids is 1. The molecule has 0 radical (unpaired) electrons. The maximum absolute atomic E-state index is 12.2. The number of hydrogen-bond acceptors (Lipinski definition) is 5. The molecule has 0 heterocycles. The van der Waals surface area contributed by atoms with Crippen LogP contribution in [0.15, 0.2) is 53.6 Å². The Balaban J connectivity index is 2.07. The Kier molecular flexibility index (Phi) is 7.42. The quantitative estimate of drug-likeness (QED) is 0.522. The van der Waals surface area contributed by atoms with Crippen LogP contribution in [0.2, 0.25) is 5.02 Å². The Morgan fingerprint density at radius 1 is 1.14 bits per heavy atom. The van der Waals surface area contributed by atoms with Crippen molar-refractivity contribution in [3.05, 3.63) is 59.1 Å². The number of nitrogens with zero attached hydrogens (tertiary/aromatic N) is 2. The van der Waals surface area contributed by atoms with Crippen LogP contribution in [-0.2, 0) is 14.8 Å². The zero-order valence-electron chi connectivity index (χ0n) is 15.8. The van der Waals surface area contributed by atoms with Gasteiger partial charge in [-0.1, -0.05) is 11.6 Å². The summed E-state index contributed by atoms with van der Waals surface area (Å²) in [6.45, 7) is 3.82. The molecule has 2 aromatic carbocycles. The van der Waals surface area contributed by atoms with E-state index in [9.17, 15) is 13.2 Å². The van der Waals surface area contributed by atoms with Gasteiger partial charge in [0.05, 0.1) is 24.3 Å². The number of amides is 1. The van der Waals surface area contributed by atoms with Crippen molar-refractivity contribution in [2.75, 3.05) is 23.7 Å². The minimum Gasteiger partial charge on any atom is -0.494 e. The van der Waals surface area contributed by atoms with Gasteiger partial charge in [-0.2, -0.15) is 5.10 Å². The number of rotatable bonds is 8. The van der Waals surface area contributed by atoms with Gasteiger partial charge >= 0.3 is 0 Å². The highest BCUT2D eigenvalue weighted by Gasteiger charge is 2.20. The first-order valence-electron chi connectivity index (χ1n) is 8.50. The first-order valence-corrected chi connectivity index (χ1v) is 10.7. The summed E-state index contributed by atoms with van der Waals surface area (Å²) >= 11 is 5.83. The summed E-state index contributed by atoms with van der Waals surface area (Å²) in [5.74, 6) is 0.181. The fourth-order valence-corrected chi connectivity index (χ4v) is 3.33. The summed E-state index contributed by atoms with van der Waals surface area (Å²) in [7, 11) is -3.66. The van der Waals surface area contributed by atoms with Gasteiger partial charge in [-0.15, -0.1) is 0 Å². The van der Waals surface area contributed by atoms with Gasteiger partial charge in [0.1, 0.15) is 12.3 Å². The molecule has 1 amide bonds. The Bertz CT molecular complexity index is 942. The molecule has 7 nitrogen and oxygen atoms in total. The number of nitrogens with one attached hydrogen (secondary N) is 1. The highest BCUT2D eigenvalue weighted by atomic mass is 35.5. The molecule has 1 N–H and O–H groups in total. The van der Waals surface area contributed by atoms with Crippen molar-refractivity contribution in [1.82, 2.24) is 5.43 Å². The van der Waals surface area contributed by atoms with Crippen LogP contribution in [0.1, 0.15) is 19.4 Å². The van der Waals surface area contributed by atoms with Crippen molar-refractivity contribution < 1.29 is 17.9 Å². The maximum atomic E-state index is 12.2. The van der Waals surface area contributed by atoms with Gasteiger partial charge in [0.15, 0.2) is 0 Å². The topological polar surface area (TPSA) is 88.1 Å². The minimum absolute atomic E-state index is 0.342. The molecule has 0 fully saturated rings. The normalized spacial score (nSPS) is 11.8. The van der Waals surface area contributed by atoms with Crippen LogP contribution in [0.4, 0.5) is 5.69 Å². The Labute approximate surface area is 170 Å². The third-order valence-electron chi connectivity index (χ3n) is 3.73. The highest BCUT2D eigenvalue weighted by Crippen LogP contribution is 2.20. The molecule has 0 unspecified atom stereocenters. The van der Waals surface area contributed by atoms with Crippen molar-refractivity contribution in [1.29, 1.82) is 0 Å². The smallest absolute Gasteiger partial charge is 0.260 e. The van der Waals surface area contributed by atoms with E-state index < -0.39 is 22.5 Å². The van der Waals surface area contributed by atoms with E-state index >= 15 is 0 Å². The van der Waals surface area contributed by atoms with Crippen LogP contribution in [0.5, 0.6) is 5.75 Å². The summed E-state index contributed by atoms with van der Waals surface area (Å²) in [5.41, 5.74) is 4.12. The minimum atomic E-state index is -3.66. The van der Waals surface area contributed by atoms with E-state index in [0.29, 0.717) is 23.0 Å². The molecule has 2 aromatic rings. The molecule has 0 bridgehead atoms. The van der Waals surface area contributed by atoms with Gasteiger partial charge in [0.25, 0.3) is 5.91 Å². The first-order chi connectivity index (χ1) is 13.2. The SMILES string of the molecule is CCOc1ccc(/C(C)=N\NC(=O)CN(c2ccc(Cl)cc2)S(C)(=O)=O)cc1. The van der Waals surface area contributed by atoms with E-state index in [1.54, 1.807) is 19.1 Å². The molecule has 0 aliphatic heterocycles. The lowest BCUT2D eigenvalue weighted by Gasteiger charge is -2.21. The number of halogens is 1. The molecule has 150 valence electrons. The lowest BCUT2D eigenvalue weighted by Crippen LogP contribution is -2.39. The monoisotopic (exact) mass is 423 g/mol. The number of hydrogen-bond donors (Lipinski definition) is 1. The van der Waals surface area contributed by atoms with Crippen molar-refractivity contribution in [3.8, 4) is 5.75 Å². The fraction of sp³-hybridized carbons (Fsp3) is 0.263. The lowest BCUT2D eigenvalue weighted by molar-refractivity contribution is -0.119. The molecular formula is C19H22ClN3O4S. The van der Waals surface area contributed by atoms with E-state index in [1.165, 1.54) is 12.1 Å². The van der Waals surface area contributed by atoms with Crippen molar-refractivity contribution in [3.63, 3.8) is 0 Å². The second kappa shape index (κ2) is 9.57. The second-order valence-electron chi connectivity index (χ2n) is 5.94. The molecular weight excluding hydrogens is 402 g/mol.